The Hall–Kier alpha value is -2.81. The number of carbonyl (C=O) groups excluding carboxylic acids is 2. The summed E-state index contributed by atoms with van der Waals surface area (Å²) in [6.45, 7) is 13.1. The molecule has 2 unspecified atom stereocenters. The Morgan fingerprint density at radius 2 is 1.68 bits per heavy atom. The number of aromatic nitrogens is 1. The molecule has 2 atom stereocenters. The number of benzene rings is 1. The lowest BCUT2D eigenvalue weighted by Crippen LogP contribution is -2.54. The van der Waals surface area contributed by atoms with Crippen molar-refractivity contribution >= 4 is 17.5 Å². The zero-order valence-corrected chi connectivity index (χ0v) is 24.5. The summed E-state index contributed by atoms with van der Waals surface area (Å²) >= 11 is 0. The van der Waals surface area contributed by atoms with Crippen LogP contribution in [0.25, 0.3) is 0 Å². The fourth-order valence-corrected chi connectivity index (χ4v) is 6.74. The molecule has 216 valence electrons. The van der Waals surface area contributed by atoms with Crippen molar-refractivity contribution in [2.24, 2.45) is 0 Å². The van der Waals surface area contributed by atoms with Gasteiger partial charge in [0.05, 0.1) is 12.2 Å². The van der Waals surface area contributed by atoms with Gasteiger partial charge in [-0.3, -0.25) is 29.3 Å². The van der Waals surface area contributed by atoms with Gasteiger partial charge in [0.1, 0.15) is 0 Å². The summed E-state index contributed by atoms with van der Waals surface area (Å²) in [6, 6.07) is 15.4. The van der Waals surface area contributed by atoms with Gasteiger partial charge in [-0.2, -0.15) is 0 Å². The molecular formula is C32H46N6O2. The van der Waals surface area contributed by atoms with Crippen molar-refractivity contribution in [1.29, 1.82) is 0 Å². The predicted molar refractivity (Wildman–Crippen MR) is 159 cm³/mol. The van der Waals surface area contributed by atoms with Crippen molar-refractivity contribution in [2.75, 3.05) is 50.7 Å². The van der Waals surface area contributed by atoms with Crippen molar-refractivity contribution in [1.82, 2.24) is 24.6 Å². The Morgan fingerprint density at radius 1 is 0.925 bits per heavy atom. The number of hydrogen-bond acceptors (Lipinski definition) is 6. The maximum absolute atomic E-state index is 14.0. The van der Waals surface area contributed by atoms with E-state index in [1.54, 1.807) is 6.92 Å². The molecule has 3 aliphatic heterocycles. The molecule has 1 aromatic heterocycles. The van der Waals surface area contributed by atoms with E-state index in [2.05, 4.69) is 50.6 Å². The third kappa shape index (κ3) is 6.90. The van der Waals surface area contributed by atoms with E-state index < -0.39 is 0 Å². The molecule has 2 saturated heterocycles. The van der Waals surface area contributed by atoms with Crippen molar-refractivity contribution in [3.63, 3.8) is 0 Å². The first-order valence-corrected chi connectivity index (χ1v) is 15.1. The molecule has 8 nitrogen and oxygen atoms in total. The summed E-state index contributed by atoms with van der Waals surface area (Å²) in [7, 11) is 0. The fourth-order valence-electron chi connectivity index (χ4n) is 6.74. The highest BCUT2D eigenvalue weighted by Gasteiger charge is 2.35. The summed E-state index contributed by atoms with van der Waals surface area (Å²) in [5, 5.41) is 0. The van der Waals surface area contributed by atoms with E-state index in [4.69, 9.17) is 0 Å². The second-order valence-corrected chi connectivity index (χ2v) is 12.0. The van der Waals surface area contributed by atoms with E-state index in [9.17, 15) is 9.59 Å². The molecule has 4 heterocycles. The van der Waals surface area contributed by atoms with E-state index in [1.807, 2.05) is 41.4 Å². The number of rotatable bonds is 5. The number of piperazine rings is 1. The summed E-state index contributed by atoms with van der Waals surface area (Å²) in [5.74, 6) is 0.234. The zero-order valence-electron chi connectivity index (χ0n) is 24.5. The van der Waals surface area contributed by atoms with E-state index in [0.717, 1.165) is 75.4 Å². The number of nitrogens with zero attached hydrogens (tertiary/aromatic N) is 6. The smallest absolute Gasteiger partial charge is 0.237 e. The van der Waals surface area contributed by atoms with E-state index in [0.29, 0.717) is 38.3 Å². The molecule has 1 aromatic carbocycles. The highest BCUT2D eigenvalue weighted by Crippen LogP contribution is 2.31. The molecule has 5 rings (SSSR count). The first-order valence-electron chi connectivity index (χ1n) is 15.1. The van der Waals surface area contributed by atoms with Gasteiger partial charge in [-0.05, 0) is 56.9 Å². The summed E-state index contributed by atoms with van der Waals surface area (Å²) in [6.07, 6.45) is 6.08. The van der Waals surface area contributed by atoms with Gasteiger partial charge in [-0.1, -0.05) is 30.7 Å². The minimum absolute atomic E-state index is 0.0521. The van der Waals surface area contributed by atoms with Crippen molar-refractivity contribution in [2.45, 2.75) is 77.7 Å². The quantitative estimate of drug-likeness (QED) is 0.571. The van der Waals surface area contributed by atoms with Crippen LogP contribution >= 0.6 is 0 Å². The second-order valence-electron chi connectivity index (χ2n) is 12.0. The van der Waals surface area contributed by atoms with Crippen molar-refractivity contribution in [3.8, 4) is 0 Å². The van der Waals surface area contributed by atoms with Crippen molar-refractivity contribution in [3.05, 3.63) is 59.9 Å². The maximum atomic E-state index is 14.0. The molecule has 2 amide bonds. The van der Waals surface area contributed by atoms with Crippen LogP contribution in [-0.4, -0.2) is 100 Å². The summed E-state index contributed by atoms with van der Waals surface area (Å²) < 4.78 is 0. The lowest BCUT2D eigenvalue weighted by molar-refractivity contribution is -0.135. The Kier molecular flexibility index (Phi) is 9.50. The monoisotopic (exact) mass is 546 g/mol. The summed E-state index contributed by atoms with van der Waals surface area (Å²) in [4.78, 5) is 43.0. The number of anilines is 1. The average Bonchev–Trinajstić information content (AvgIpc) is 2.96. The number of piperidine rings is 1. The highest BCUT2D eigenvalue weighted by atomic mass is 16.2. The van der Waals surface area contributed by atoms with Crippen LogP contribution in [0.15, 0.2) is 48.7 Å². The van der Waals surface area contributed by atoms with Gasteiger partial charge in [-0.15, -0.1) is 0 Å². The highest BCUT2D eigenvalue weighted by molar-refractivity contribution is 5.92. The van der Waals surface area contributed by atoms with Gasteiger partial charge in [0, 0.05) is 89.3 Å². The van der Waals surface area contributed by atoms with Gasteiger partial charge < -0.3 is 9.80 Å². The predicted octanol–water partition coefficient (Wildman–Crippen LogP) is 3.62. The van der Waals surface area contributed by atoms with Crippen LogP contribution in [0.4, 0.5) is 5.69 Å². The van der Waals surface area contributed by atoms with Gasteiger partial charge in [-0.25, -0.2) is 0 Å². The zero-order chi connectivity index (χ0) is 28.1. The van der Waals surface area contributed by atoms with Gasteiger partial charge in [0.2, 0.25) is 11.8 Å². The summed E-state index contributed by atoms with van der Waals surface area (Å²) in [5.41, 5.74) is 3.04. The molecule has 40 heavy (non-hydrogen) atoms. The fraction of sp³-hybridized carbons (Fsp3) is 0.594. The molecule has 2 aromatic rings. The lowest BCUT2D eigenvalue weighted by atomic mass is 9.92. The van der Waals surface area contributed by atoms with Gasteiger partial charge >= 0.3 is 0 Å². The Bertz CT molecular complexity index is 1130. The lowest BCUT2D eigenvalue weighted by Gasteiger charge is -2.44. The molecule has 2 bridgehead atoms. The van der Waals surface area contributed by atoms with E-state index in [1.165, 1.54) is 0 Å². The number of amides is 2. The van der Waals surface area contributed by atoms with Gasteiger partial charge in [0.15, 0.2) is 0 Å². The molecule has 2 fully saturated rings. The van der Waals surface area contributed by atoms with Crippen molar-refractivity contribution < 1.29 is 9.59 Å². The van der Waals surface area contributed by atoms with Crippen LogP contribution in [0.2, 0.25) is 0 Å². The maximum Gasteiger partial charge on any atom is 0.237 e. The SMILES string of the molecule is CC(=O)N1CCC2CCCC(CN(C(=O)CN3CCN(C(C)C)CC3)Cc3ccccc31)N2Cc1ccccn1. The molecule has 3 aliphatic rings. The van der Waals surface area contributed by atoms with Crippen LogP contribution in [-0.2, 0) is 22.7 Å². The minimum atomic E-state index is 0.0521. The van der Waals surface area contributed by atoms with Gasteiger partial charge in [0.25, 0.3) is 0 Å². The average molecular weight is 547 g/mol. The third-order valence-corrected chi connectivity index (χ3v) is 9.07. The standard InChI is InChI=1S/C32H46N6O2/c1-25(2)35-19-17-34(18-20-35)24-32(40)36-21-27-9-4-5-13-31(27)37(26(3)39)16-14-29-11-8-12-30(23-36)38(29)22-28-10-6-7-15-33-28/h4-7,9-10,13,15,25,29-30H,8,11-12,14,16-24H2,1-3H3. The third-order valence-electron chi connectivity index (χ3n) is 9.07. The first-order chi connectivity index (χ1) is 19.4. The van der Waals surface area contributed by atoms with E-state index in [-0.39, 0.29) is 17.9 Å². The Morgan fingerprint density at radius 3 is 2.40 bits per heavy atom. The number of fused-ring (bicyclic) bond motifs is 3. The van der Waals surface area contributed by atoms with Crippen LogP contribution in [0.1, 0.15) is 57.7 Å². The second kappa shape index (κ2) is 13.2. The molecule has 0 N–H and O–H groups in total. The number of hydrogen-bond donors (Lipinski definition) is 0. The molecule has 0 aliphatic carbocycles. The molecule has 0 spiro atoms. The Balaban J connectivity index is 1.43. The first kappa shape index (κ1) is 28.7. The van der Waals surface area contributed by atoms with E-state index >= 15 is 0 Å². The number of para-hydroxylation sites is 1. The van der Waals surface area contributed by atoms with Crippen LogP contribution < -0.4 is 4.90 Å². The topological polar surface area (TPSA) is 63.2 Å². The number of carbonyl (C=O) groups is 2. The van der Waals surface area contributed by atoms with Crippen LogP contribution in [0.5, 0.6) is 0 Å². The molecule has 8 heteroatoms. The Labute approximate surface area is 239 Å². The van der Waals surface area contributed by atoms with Crippen LogP contribution in [0.3, 0.4) is 0 Å². The largest absolute Gasteiger partial charge is 0.336 e. The molecule has 0 radical (unpaired) electrons. The molecule has 0 saturated carbocycles. The number of pyridine rings is 1. The van der Waals surface area contributed by atoms with Crippen LogP contribution in [0, 0.1) is 0 Å². The molecular weight excluding hydrogens is 500 g/mol. The normalized spacial score (nSPS) is 23.5. The minimum Gasteiger partial charge on any atom is -0.336 e.